The molecule has 118 valence electrons. The molecule has 0 N–H and O–H groups in total. The van der Waals surface area contributed by atoms with Crippen molar-refractivity contribution in [2.45, 2.75) is 32.5 Å². The Morgan fingerprint density at radius 1 is 1.36 bits per heavy atom. The summed E-state index contributed by atoms with van der Waals surface area (Å²) < 4.78 is 16.4. The lowest BCUT2D eigenvalue weighted by Crippen LogP contribution is -2.27. The quantitative estimate of drug-likeness (QED) is 0.783. The zero-order chi connectivity index (χ0) is 15.9. The maximum absolute atomic E-state index is 11.8. The molecule has 4 nitrogen and oxygen atoms in total. The smallest absolute Gasteiger partial charge is 0.334 e. The van der Waals surface area contributed by atoms with E-state index in [1.54, 1.807) is 6.08 Å². The molecule has 1 heterocycles. The first-order valence-corrected chi connectivity index (χ1v) is 7.42. The topological polar surface area (TPSA) is 44.8 Å². The molecule has 0 saturated carbocycles. The molecule has 1 aliphatic rings. The Bertz CT molecular complexity index is 558. The van der Waals surface area contributed by atoms with Crippen LogP contribution in [0.3, 0.4) is 0 Å². The van der Waals surface area contributed by atoms with Crippen molar-refractivity contribution >= 4 is 12.0 Å². The van der Waals surface area contributed by atoms with E-state index < -0.39 is 0 Å². The lowest BCUT2D eigenvalue weighted by atomic mass is 10.0. The van der Waals surface area contributed by atoms with E-state index >= 15 is 0 Å². The highest BCUT2D eigenvalue weighted by atomic mass is 16.5. The van der Waals surface area contributed by atoms with Crippen LogP contribution in [0.5, 0.6) is 0 Å². The normalized spacial score (nSPS) is 19.7. The third-order valence-electron chi connectivity index (χ3n) is 3.24. The number of hydrogen-bond acceptors (Lipinski definition) is 4. The van der Waals surface area contributed by atoms with Crippen molar-refractivity contribution in [2.75, 3.05) is 13.7 Å². The van der Waals surface area contributed by atoms with Crippen LogP contribution < -0.4 is 0 Å². The van der Waals surface area contributed by atoms with Crippen LogP contribution in [0.2, 0.25) is 0 Å². The summed E-state index contributed by atoms with van der Waals surface area (Å²) in [6.45, 7) is 4.39. The molecule has 0 saturated heterocycles. The van der Waals surface area contributed by atoms with E-state index in [0.717, 1.165) is 5.56 Å². The molecule has 0 bridgehead atoms. The monoisotopic (exact) mass is 302 g/mol. The van der Waals surface area contributed by atoms with Crippen LogP contribution in [0.1, 0.15) is 25.8 Å². The van der Waals surface area contributed by atoms with Crippen LogP contribution in [0.4, 0.5) is 0 Å². The molecule has 4 heteroatoms. The van der Waals surface area contributed by atoms with Crippen molar-refractivity contribution < 1.29 is 19.0 Å². The molecular weight excluding hydrogens is 280 g/mol. The van der Waals surface area contributed by atoms with Crippen molar-refractivity contribution in [2.24, 2.45) is 0 Å². The highest BCUT2D eigenvalue weighted by Crippen LogP contribution is 2.24. The molecule has 1 aromatic carbocycles. The second kappa shape index (κ2) is 7.80. The van der Waals surface area contributed by atoms with Crippen LogP contribution >= 0.6 is 0 Å². The van der Waals surface area contributed by atoms with Gasteiger partial charge >= 0.3 is 5.97 Å². The van der Waals surface area contributed by atoms with E-state index in [4.69, 9.17) is 14.2 Å². The minimum Gasteiger partial charge on any atom is -0.488 e. The number of rotatable bonds is 5. The van der Waals surface area contributed by atoms with Gasteiger partial charge in [-0.2, -0.15) is 0 Å². The fourth-order valence-corrected chi connectivity index (χ4v) is 2.20. The molecule has 0 radical (unpaired) electrons. The van der Waals surface area contributed by atoms with E-state index in [0.29, 0.717) is 24.4 Å². The predicted octanol–water partition coefficient (Wildman–Crippen LogP) is 3.34. The standard InChI is InChI=1S/C18H22O4/c1-13(2)21-12-17-11-15(18(19)20-3)10-16(22-17)9-14-7-5-4-6-8-14/h4-10,13,17H,11-12H2,1-3H3. The average molecular weight is 302 g/mol. The van der Waals surface area contributed by atoms with Crippen molar-refractivity contribution in [3.05, 3.63) is 53.3 Å². The highest BCUT2D eigenvalue weighted by Gasteiger charge is 2.24. The van der Waals surface area contributed by atoms with Gasteiger partial charge in [0.1, 0.15) is 11.9 Å². The lowest BCUT2D eigenvalue weighted by Gasteiger charge is -2.26. The van der Waals surface area contributed by atoms with Crippen LogP contribution in [0.25, 0.3) is 6.08 Å². The number of esters is 1. The van der Waals surface area contributed by atoms with Crippen molar-refractivity contribution in [1.29, 1.82) is 0 Å². The minimum atomic E-state index is -0.322. The van der Waals surface area contributed by atoms with E-state index in [2.05, 4.69) is 0 Å². The van der Waals surface area contributed by atoms with Crippen molar-refractivity contribution in [1.82, 2.24) is 0 Å². The fourth-order valence-electron chi connectivity index (χ4n) is 2.20. The van der Waals surface area contributed by atoms with Crippen molar-refractivity contribution in [3.8, 4) is 0 Å². The van der Waals surface area contributed by atoms with Crippen LogP contribution in [-0.4, -0.2) is 31.9 Å². The van der Waals surface area contributed by atoms with E-state index in [9.17, 15) is 4.79 Å². The van der Waals surface area contributed by atoms with Crippen LogP contribution in [0.15, 0.2) is 47.7 Å². The number of allylic oxidation sites excluding steroid dienone is 1. The van der Waals surface area contributed by atoms with Gasteiger partial charge < -0.3 is 14.2 Å². The molecule has 2 rings (SSSR count). The molecule has 0 spiro atoms. The summed E-state index contributed by atoms with van der Waals surface area (Å²) in [6.07, 6.45) is 4.08. The number of methoxy groups -OCH3 is 1. The van der Waals surface area contributed by atoms with Gasteiger partial charge in [-0.05, 0) is 31.6 Å². The first-order valence-electron chi connectivity index (χ1n) is 7.42. The van der Waals surface area contributed by atoms with E-state index in [1.165, 1.54) is 7.11 Å². The third kappa shape index (κ3) is 4.74. The molecule has 0 amide bonds. The second-order valence-electron chi connectivity index (χ2n) is 5.44. The first-order chi connectivity index (χ1) is 10.6. The molecule has 1 atom stereocenters. The van der Waals surface area contributed by atoms with Crippen molar-refractivity contribution in [3.63, 3.8) is 0 Å². The Kier molecular flexibility index (Phi) is 5.78. The van der Waals surface area contributed by atoms with Gasteiger partial charge in [0.2, 0.25) is 0 Å². The number of benzene rings is 1. The molecule has 0 fully saturated rings. The summed E-state index contributed by atoms with van der Waals surface area (Å²) in [7, 11) is 1.39. The summed E-state index contributed by atoms with van der Waals surface area (Å²) in [4.78, 5) is 11.8. The molecule has 22 heavy (non-hydrogen) atoms. The van der Waals surface area contributed by atoms with Gasteiger partial charge in [-0.25, -0.2) is 4.79 Å². The van der Waals surface area contributed by atoms with E-state index in [-0.39, 0.29) is 18.2 Å². The van der Waals surface area contributed by atoms with Gasteiger partial charge in [-0.3, -0.25) is 0 Å². The van der Waals surface area contributed by atoms with Gasteiger partial charge in [0.15, 0.2) is 0 Å². The molecular formula is C18H22O4. The summed E-state index contributed by atoms with van der Waals surface area (Å²) in [5.74, 6) is 0.326. The summed E-state index contributed by atoms with van der Waals surface area (Å²) in [6, 6.07) is 9.84. The van der Waals surface area contributed by atoms with Crippen LogP contribution in [-0.2, 0) is 19.0 Å². The SMILES string of the molecule is COC(=O)C1=CC(=Cc2ccccc2)OC(COC(C)C)C1. The number of carbonyl (C=O) groups excluding carboxylic acids is 1. The van der Waals surface area contributed by atoms with E-state index in [1.807, 2.05) is 50.3 Å². The number of carbonyl (C=O) groups is 1. The van der Waals surface area contributed by atoms with Gasteiger partial charge in [-0.15, -0.1) is 0 Å². The first kappa shape index (κ1) is 16.3. The number of ether oxygens (including phenoxy) is 3. The molecule has 1 unspecified atom stereocenters. The lowest BCUT2D eigenvalue weighted by molar-refractivity contribution is -0.137. The largest absolute Gasteiger partial charge is 0.488 e. The van der Waals surface area contributed by atoms with Crippen LogP contribution in [0, 0.1) is 0 Å². The maximum Gasteiger partial charge on any atom is 0.334 e. The van der Waals surface area contributed by atoms with Gasteiger partial charge in [0.25, 0.3) is 0 Å². The summed E-state index contributed by atoms with van der Waals surface area (Å²) in [5.41, 5.74) is 1.62. The summed E-state index contributed by atoms with van der Waals surface area (Å²) >= 11 is 0. The zero-order valence-corrected chi connectivity index (χ0v) is 13.2. The number of hydrogen-bond donors (Lipinski definition) is 0. The molecule has 1 aliphatic heterocycles. The fraction of sp³-hybridized carbons (Fsp3) is 0.389. The third-order valence-corrected chi connectivity index (χ3v) is 3.24. The Balaban J connectivity index is 2.19. The Hall–Kier alpha value is -2.07. The summed E-state index contributed by atoms with van der Waals surface area (Å²) in [5, 5.41) is 0. The molecule has 0 aromatic heterocycles. The van der Waals surface area contributed by atoms with Gasteiger partial charge in [-0.1, -0.05) is 30.3 Å². The zero-order valence-electron chi connectivity index (χ0n) is 13.2. The molecule has 0 aliphatic carbocycles. The minimum absolute atomic E-state index is 0.123. The van der Waals surface area contributed by atoms with Gasteiger partial charge in [0.05, 0.1) is 19.8 Å². The Morgan fingerprint density at radius 2 is 2.09 bits per heavy atom. The van der Waals surface area contributed by atoms with Gasteiger partial charge in [0, 0.05) is 12.0 Å². The predicted molar refractivity (Wildman–Crippen MR) is 85.1 cm³/mol. The second-order valence-corrected chi connectivity index (χ2v) is 5.44. The molecule has 1 aromatic rings. The Morgan fingerprint density at radius 3 is 2.73 bits per heavy atom. The maximum atomic E-state index is 11.8. The Labute approximate surface area is 131 Å². The average Bonchev–Trinajstić information content (AvgIpc) is 2.53. The highest BCUT2D eigenvalue weighted by molar-refractivity contribution is 5.89.